The quantitative estimate of drug-likeness (QED) is 0.501. The summed E-state index contributed by atoms with van der Waals surface area (Å²) < 4.78 is 0. The molecule has 7 heteroatoms. The van der Waals surface area contributed by atoms with E-state index in [-0.39, 0.29) is 24.8 Å². The Hall–Kier alpha value is -1.79. The van der Waals surface area contributed by atoms with Gasteiger partial charge in [-0.3, -0.25) is 4.79 Å². The lowest BCUT2D eigenvalue weighted by molar-refractivity contribution is -0.139. The lowest BCUT2D eigenvalue weighted by atomic mass is 10.2. The van der Waals surface area contributed by atoms with Crippen LogP contribution in [0.2, 0.25) is 0 Å². The van der Waals surface area contributed by atoms with Crippen molar-refractivity contribution < 1.29 is 19.5 Å². The molecule has 0 bridgehead atoms. The minimum Gasteiger partial charge on any atom is -0.480 e. The molecular formula is C12H21N3O4. The van der Waals surface area contributed by atoms with E-state index in [1.165, 1.54) is 0 Å². The maximum atomic E-state index is 11.5. The summed E-state index contributed by atoms with van der Waals surface area (Å²) in [6, 6.07) is -1.36. The SMILES string of the molecule is CCCNC(=O)CCNC(=O)NC(C(=O)O)C1CC1. The second kappa shape index (κ2) is 7.60. The molecule has 0 aromatic heterocycles. The number of carbonyl (C=O) groups is 3. The molecule has 0 spiro atoms. The normalized spacial score (nSPS) is 15.4. The second-order valence-corrected chi connectivity index (χ2v) is 4.65. The Labute approximate surface area is 112 Å². The van der Waals surface area contributed by atoms with Gasteiger partial charge < -0.3 is 21.1 Å². The largest absolute Gasteiger partial charge is 0.480 e. The highest BCUT2D eigenvalue weighted by molar-refractivity contribution is 5.83. The van der Waals surface area contributed by atoms with E-state index in [1.54, 1.807) is 0 Å². The van der Waals surface area contributed by atoms with Crippen molar-refractivity contribution in [3.8, 4) is 0 Å². The van der Waals surface area contributed by atoms with Crippen LogP contribution in [0.5, 0.6) is 0 Å². The summed E-state index contributed by atoms with van der Waals surface area (Å²) >= 11 is 0. The van der Waals surface area contributed by atoms with Crippen molar-refractivity contribution in [1.29, 1.82) is 0 Å². The van der Waals surface area contributed by atoms with Crippen LogP contribution >= 0.6 is 0 Å². The van der Waals surface area contributed by atoms with Crippen LogP contribution in [0.1, 0.15) is 32.6 Å². The van der Waals surface area contributed by atoms with Gasteiger partial charge in [-0.25, -0.2) is 9.59 Å². The Morgan fingerprint density at radius 2 is 1.89 bits per heavy atom. The van der Waals surface area contributed by atoms with Crippen molar-refractivity contribution >= 4 is 17.9 Å². The van der Waals surface area contributed by atoms with Crippen LogP contribution in [0.25, 0.3) is 0 Å². The van der Waals surface area contributed by atoms with E-state index in [2.05, 4.69) is 16.0 Å². The minimum absolute atomic E-state index is 0.0381. The van der Waals surface area contributed by atoms with Crippen LogP contribution in [0.3, 0.4) is 0 Å². The molecule has 0 saturated heterocycles. The van der Waals surface area contributed by atoms with Crippen LogP contribution in [0.4, 0.5) is 4.79 Å². The molecule has 0 aromatic carbocycles. The molecule has 1 atom stereocenters. The van der Waals surface area contributed by atoms with Gasteiger partial charge in [0.05, 0.1) is 0 Å². The van der Waals surface area contributed by atoms with Gasteiger partial charge in [0, 0.05) is 19.5 Å². The summed E-state index contributed by atoms with van der Waals surface area (Å²) in [7, 11) is 0. The molecule has 0 radical (unpaired) electrons. The van der Waals surface area contributed by atoms with Gasteiger partial charge in [-0.1, -0.05) is 6.92 Å². The number of hydrogen-bond acceptors (Lipinski definition) is 3. The Balaban J connectivity index is 2.16. The van der Waals surface area contributed by atoms with Crippen LogP contribution in [-0.2, 0) is 9.59 Å². The summed E-state index contributed by atoms with van der Waals surface area (Å²) in [5.41, 5.74) is 0. The number of urea groups is 1. The molecule has 3 amide bonds. The number of rotatable bonds is 8. The Kier molecular flexibility index (Phi) is 6.11. The third-order valence-electron chi connectivity index (χ3n) is 2.86. The maximum absolute atomic E-state index is 11.5. The number of amides is 3. The molecule has 1 unspecified atom stereocenters. The molecule has 0 aromatic rings. The van der Waals surface area contributed by atoms with E-state index >= 15 is 0 Å². The van der Waals surface area contributed by atoms with Crippen molar-refractivity contribution in [3.05, 3.63) is 0 Å². The number of carboxylic acids is 1. The van der Waals surface area contributed by atoms with Gasteiger partial charge >= 0.3 is 12.0 Å². The average molecular weight is 271 g/mol. The Morgan fingerprint density at radius 3 is 2.42 bits per heavy atom. The van der Waals surface area contributed by atoms with Gasteiger partial charge in [0.2, 0.25) is 5.91 Å². The molecule has 19 heavy (non-hydrogen) atoms. The van der Waals surface area contributed by atoms with Gasteiger partial charge in [-0.15, -0.1) is 0 Å². The highest BCUT2D eigenvalue weighted by atomic mass is 16.4. The predicted octanol–water partition coefficient (Wildman–Crippen LogP) is 0.0651. The molecule has 0 heterocycles. The number of nitrogens with one attached hydrogen (secondary N) is 3. The van der Waals surface area contributed by atoms with Crippen molar-refractivity contribution in [2.45, 2.75) is 38.6 Å². The van der Waals surface area contributed by atoms with Gasteiger partial charge in [0.15, 0.2) is 0 Å². The zero-order valence-electron chi connectivity index (χ0n) is 11.1. The maximum Gasteiger partial charge on any atom is 0.326 e. The molecule has 7 nitrogen and oxygen atoms in total. The van der Waals surface area contributed by atoms with Crippen molar-refractivity contribution in [2.75, 3.05) is 13.1 Å². The minimum atomic E-state index is -1.02. The lowest BCUT2D eigenvalue weighted by Crippen LogP contribution is -2.47. The monoisotopic (exact) mass is 271 g/mol. The lowest BCUT2D eigenvalue weighted by Gasteiger charge is -2.14. The third-order valence-corrected chi connectivity index (χ3v) is 2.86. The summed E-state index contributed by atoms with van der Waals surface area (Å²) in [4.78, 5) is 33.6. The predicted molar refractivity (Wildman–Crippen MR) is 68.6 cm³/mol. The molecule has 1 aliphatic carbocycles. The third kappa shape index (κ3) is 6.08. The summed E-state index contributed by atoms with van der Waals surface area (Å²) in [5.74, 6) is -1.10. The van der Waals surface area contributed by atoms with E-state index in [0.29, 0.717) is 6.54 Å². The first-order chi connectivity index (χ1) is 9.04. The van der Waals surface area contributed by atoms with E-state index in [0.717, 1.165) is 19.3 Å². The number of aliphatic carboxylic acids is 1. The van der Waals surface area contributed by atoms with Gasteiger partial charge in [0.1, 0.15) is 6.04 Å². The van der Waals surface area contributed by atoms with Crippen LogP contribution < -0.4 is 16.0 Å². The fourth-order valence-electron chi connectivity index (χ4n) is 1.65. The number of carbonyl (C=O) groups excluding carboxylic acids is 2. The zero-order valence-corrected chi connectivity index (χ0v) is 11.1. The van der Waals surface area contributed by atoms with Gasteiger partial charge in [-0.2, -0.15) is 0 Å². The highest BCUT2D eigenvalue weighted by Crippen LogP contribution is 2.32. The molecule has 4 N–H and O–H groups in total. The fraction of sp³-hybridized carbons (Fsp3) is 0.750. The van der Waals surface area contributed by atoms with E-state index in [4.69, 9.17) is 5.11 Å². The molecule has 108 valence electrons. The zero-order chi connectivity index (χ0) is 14.3. The van der Waals surface area contributed by atoms with Crippen molar-refractivity contribution in [3.63, 3.8) is 0 Å². The molecule has 1 aliphatic rings. The molecule has 1 rings (SSSR count). The summed E-state index contributed by atoms with van der Waals surface area (Å²) in [5, 5.41) is 16.5. The summed E-state index contributed by atoms with van der Waals surface area (Å²) in [6.07, 6.45) is 2.71. The smallest absolute Gasteiger partial charge is 0.326 e. The molecule has 1 fully saturated rings. The first kappa shape index (κ1) is 15.3. The molecule has 1 saturated carbocycles. The van der Waals surface area contributed by atoms with Crippen molar-refractivity contribution in [1.82, 2.24) is 16.0 Å². The van der Waals surface area contributed by atoms with E-state index in [1.807, 2.05) is 6.92 Å². The van der Waals surface area contributed by atoms with E-state index in [9.17, 15) is 14.4 Å². The standard InChI is InChI=1S/C12H21N3O4/c1-2-6-13-9(16)5-7-14-12(19)15-10(11(17)18)8-3-4-8/h8,10H,2-7H2,1H3,(H,13,16)(H,17,18)(H2,14,15,19). The number of carboxylic acid groups (broad SMARTS) is 1. The van der Waals surface area contributed by atoms with Crippen molar-refractivity contribution in [2.24, 2.45) is 5.92 Å². The Morgan fingerprint density at radius 1 is 1.21 bits per heavy atom. The highest BCUT2D eigenvalue weighted by Gasteiger charge is 2.37. The average Bonchev–Trinajstić information content (AvgIpc) is 3.17. The number of hydrogen-bond donors (Lipinski definition) is 4. The van der Waals surface area contributed by atoms with Crippen LogP contribution in [0, 0.1) is 5.92 Å². The first-order valence-corrected chi connectivity index (χ1v) is 6.58. The van der Waals surface area contributed by atoms with E-state index < -0.39 is 18.0 Å². The topological polar surface area (TPSA) is 108 Å². The van der Waals surface area contributed by atoms with Crippen LogP contribution in [0.15, 0.2) is 0 Å². The molecular weight excluding hydrogens is 250 g/mol. The fourth-order valence-corrected chi connectivity index (χ4v) is 1.65. The van der Waals surface area contributed by atoms with Crippen LogP contribution in [-0.4, -0.2) is 42.1 Å². The first-order valence-electron chi connectivity index (χ1n) is 6.58. The van der Waals surface area contributed by atoms with Gasteiger partial charge in [-0.05, 0) is 25.2 Å². The van der Waals surface area contributed by atoms with Gasteiger partial charge in [0.25, 0.3) is 0 Å². The Bertz CT molecular complexity index is 342. The second-order valence-electron chi connectivity index (χ2n) is 4.65. The molecule has 0 aliphatic heterocycles. The summed E-state index contributed by atoms with van der Waals surface area (Å²) in [6.45, 7) is 2.77.